The number of likely N-dealkylation sites (tertiary alicyclic amines) is 1. The second-order valence-corrected chi connectivity index (χ2v) is 8.88. The molecule has 0 aliphatic carbocycles. The van der Waals surface area contributed by atoms with E-state index in [4.69, 9.17) is 0 Å². The first-order chi connectivity index (χ1) is 14.9. The SMILES string of the molecule is C=C1CCN(c2cc(F)ccc2C(O)(Cn2cncn2)C(C)N2CCC(=C)CC2)CC1. The minimum absolute atomic E-state index is 0.200. The van der Waals surface area contributed by atoms with Crippen LogP contribution in [-0.4, -0.2) is 57.0 Å². The van der Waals surface area contributed by atoms with Crippen molar-refractivity contribution in [3.63, 3.8) is 0 Å². The number of hydrogen-bond donors (Lipinski definition) is 1. The molecule has 1 N–H and O–H groups in total. The van der Waals surface area contributed by atoms with E-state index in [0.29, 0.717) is 0 Å². The van der Waals surface area contributed by atoms with E-state index in [-0.39, 0.29) is 18.4 Å². The number of rotatable bonds is 6. The largest absolute Gasteiger partial charge is 0.381 e. The van der Waals surface area contributed by atoms with Crippen molar-refractivity contribution in [2.24, 2.45) is 0 Å². The summed E-state index contributed by atoms with van der Waals surface area (Å²) in [6.45, 7) is 13.7. The van der Waals surface area contributed by atoms with Gasteiger partial charge in [-0.25, -0.2) is 14.1 Å². The Morgan fingerprint density at radius 3 is 2.35 bits per heavy atom. The Hall–Kier alpha value is -2.51. The fourth-order valence-corrected chi connectivity index (χ4v) is 4.73. The van der Waals surface area contributed by atoms with Crippen LogP contribution in [0.15, 0.2) is 55.2 Å². The van der Waals surface area contributed by atoms with Gasteiger partial charge in [-0.2, -0.15) is 5.10 Å². The quantitative estimate of drug-likeness (QED) is 0.718. The van der Waals surface area contributed by atoms with Crippen molar-refractivity contribution in [1.82, 2.24) is 19.7 Å². The van der Waals surface area contributed by atoms with Crippen LogP contribution in [0.1, 0.15) is 38.2 Å². The Bertz CT molecular complexity index is 923. The maximum Gasteiger partial charge on any atom is 0.137 e. The van der Waals surface area contributed by atoms with Gasteiger partial charge >= 0.3 is 0 Å². The van der Waals surface area contributed by atoms with Crippen molar-refractivity contribution in [2.45, 2.75) is 50.8 Å². The van der Waals surface area contributed by atoms with Gasteiger partial charge in [-0.05, 0) is 44.7 Å². The maximum atomic E-state index is 14.4. The van der Waals surface area contributed by atoms with E-state index in [9.17, 15) is 9.50 Å². The highest BCUT2D eigenvalue weighted by Crippen LogP contribution is 2.39. The monoisotopic (exact) mass is 425 g/mol. The van der Waals surface area contributed by atoms with E-state index >= 15 is 0 Å². The van der Waals surface area contributed by atoms with Crippen LogP contribution in [0, 0.1) is 5.82 Å². The Morgan fingerprint density at radius 1 is 1.10 bits per heavy atom. The van der Waals surface area contributed by atoms with Gasteiger partial charge in [0, 0.05) is 43.5 Å². The molecule has 2 fully saturated rings. The first-order valence-corrected chi connectivity index (χ1v) is 11.0. The van der Waals surface area contributed by atoms with Crippen molar-refractivity contribution >= 4 is 5.69 Å². The van der Waals surface area contributed by atoms with Crippen LogP contribution in [0.2, 0.25) is 0 Å². The van der Waals surface area contributed by atoms with Crippen molar-refractivity contribution in [3.8, 4) is 0 Å². The Balaban J connectivity index is 1.74. The van der Waals surface area contributed by atoms with Crippen LogP contribution in [0.25, 0.3) is 0 Å². The Labute approximate surface area is 183 Å². The van der Waals surface area contributed by atoms with E-state index < -0.39 is 5.60 Å². The molecule has 0 radical (unpaired) electrons. The molecule has 1 aromatic carbocycles. The summed E-state index contributed by atoms with van der Waals surface area (Å²) in [6.07, 6.45) is 6.69. The molecule has 4 rings (SSSR count). The van der Waals surface area contributed by atoms with Gasteiger partial charge in [0.2, 0.25) is 0 Å². The Kier molecular flexibility index (Phi) is 6.25. The molecule has 0 spiro atoms. The van der Waals surface area contributed by atoms with Crippen LogP contribution >= 0.6 is 0 Å². The van der Waals surface area contributed by atoms with Crippen LogP contribution < -0.4 is 4.90 Å². The number of aliphatic hydroxyl groups is 1. The number of aromatic nitrogens is 3. The van der Waals surface area contributed by atoms with Gasteiger partial charge in [-0.15, -0.1) is 0 Å². The highest BCUT2D eigenvalue weighted by Gasteiger charge is 2.42. The average molecular weight is 426 g/mol. The fraction of sp³-hybridized carbons (Fsp3) is 0.500. The number of nitrogens with zero attached hydrogens (tertiary/aromatic N) is 5. The first-order valence-electron chi connectivity index (χ1n) is 11.0. The molecular weight excluding hydrogens is 393 g/mol. The van der Waals surface area contributed by atoms with Crippen molar-refractivity contribution < 1.29 is 9.50 Å². The zero-order valence-electron chi connectivity index (χ0n) is 18.3. The van der Waals surface area contributed by atoms with Crippen molar-refractivity contribution in [1.29, 1.82) is 0 Å². The molecule has 2 aliphatic rings. The lowest BCUT2D eigenvalue weighted by Crippen LogP contribution is -2.53. The summed E-state index contributed by atoms with van der Waals surface area (Å²) in [5.74, 6) is -0.298. The van der Waals surface area contributed by atoms with Gasteiger partial charge in [0.1, 0.15) is 24.1 Å². The van der Waals surface area contributed by atoms with Gasteiger partial charge in [-0.3, -0.25) is 4.90 Å². The molecule has 6 nitrogen and oxygen atoms in total. The van der Waals surface area contributed by atoms with Crippen LogP contribution in [0.5, 0.6) is 0 Å². The van der Waals surface area contributed by atoms with E-state index in [2.05, 4.69) is 40.0 Å². The second kappa shape index (κ2) is 8.93. The predicted molar refractivity (Wildman–Crippen MR) is 120 cm³/mol. The summed E-state index contributed by atoms with van der Waals surface area (Å²) in [5, 5.41) is 16.5. The summed E-state index contributed by atoms with van der Waals surface area (Å²) < 4.78 is 16.0. The number of halogens is 1. The molecule has 2 saturated heterocycles. The van der Waals surface area contributed by atoms with Crippen molar-refractivity contribution in [2.75, 3.05) is 31.1 Å². The average Bonchev–Trinajstić information content (AvgIpc) is 3.27. The predicted octanol–water partition coefficient (Wildman–Crippen LogP) is 3.50. The molecule has 0 saturated carbocycles. The standard InChI is InChI=1S/C24H32FN5O/c1-18-6-10-28(11-7-18)20(3)24(31,15-30-17-26-16-27-30)22-5-4-21(25)14-23(22)29-12-8-19(2)9-13-29/h4-5,14,16-17,20,31H,1-2,6-13,15H2,3H3. The van der Waals surface area contributed by atoms with E-state index in [1.165, 1.54) is 23.5 Å². The van der Waals surface area contributed by atoms with Crippen LogP contribution in [0.4, 0.5) is 10.1 Å². The lowest BCUT2D eigenvalue weighted by molar-refractivity contribution is -0.0630. The summed E-state index contributed by atoms with van der Waals surface area (Å²) >= 11 is 0. The van der Waals surface area contributed by atoms with Crippen molar-refractivity contribution in [3.05, 3.63) is 66.5 Å². The van der Waals surface area contributed by atoms with Gasteiger partial charge in [0.25, 0.3) is 0 Å². The van der Waals surface area contributed by atoms with Crippen LogP contribution in [-0.2, 0) is 12.1 Å². The lowest BCUT2D eigenvalue weighted by atomic mass is 9.83. The number of piperidine rings is 2. The lowest BCUT2D eigenvalue weighted by Gasteiger charge is -2.45. The number of anilines is 1. The molecule has 166 valence electrons. The zero-order chi connectivity index (χ0) is 22.0. The highest BCUT2D eigenvalue weighted by atomic mass is 19.1. The van der Waals surface area contributed by atoms with E-state index in [0.717, 1.165) is 63.1 Å². The minimum Gasteiger partial charge on any atom is -0.381 e. The molecule has 2 atom stereocenters. The third-order valence-corrected chi connectivity index (χ3v) is 6.85. The normalized spacial score (nSPS) is 21.2. The van der Waals surface area contributed by atoms with Gasteiger partial charge in [0.05, 0.1) is 6.54 Å². The number of benzene rings is 1. The molecule has 3 heterocycles. The summed E-state index contributed by atoms with van der Waals surface area (Å²) in [6, 6.07) is 4.54. The van der Waals surface area contributed by atoms with E-state index in [1.54, 1.807) is 23.1 Å². The number of hydrogen-bond acceptors (Lipinski definition) is 5. The summed E-state index contributed by atoms with van der Waals surface area (Å²) in [4.78, 5) is 8.53. The molecule has 0 bridgehead atoms. The van der Waals surface area contributed by atoms with Gasteiger partial charge < -0.3 is 10.0 Å². The highest BCUT2D eigenvalue weighted by molar-refractivity contribution is 5.57. The smallest absolute Gasteiger partial charge is 0.137 e. The van der Waals surface area contributed by atoms with Crippen LogP contribution in [0.3, 0.4) is 0 Å². The third kappa shape index (κ3) is 4.57. The summed E-state index contributed by atoms with van der Waals surface area (Å²) in [7, 11) is 0. The summed E-state index contributed by atoms with van der Waals surface area (Å²) in [5.41, 5.74) is 2.68. The molecule has 7 heteroatoms. The van der Waals surface area contributed by atoms with E-state index in [1.807, 2.05) is 0 Å². The zero-order valence-corrected chi connectivity index (χ0v) is 18.3. The first kappa shape index (κ1) is 21.7. The molecule has 2 unspecified atom stereocenters. The van der Waals surface area contributed by atoms with Gasteiger partial charge in [0.15, 0.2) is 0 Å². The molecular formula is C24H32FN5O. The fourth-order valence-electron chi connectivity index (χ4n) is 4.73. The van der Waals surface area contributed by atoms with Gasteiger partial charge in [-0.1, -0.05) is 30.4 Å². The molecule has 2 aliphatic heterocycles. The molecule has 31 heavy (non-hydrogen) atoms. The maximum absolute atomic E-state index is 14.4. The Morgan fingerprint density at radius 2 is 1.74 bits per heavy atom. The third-order valence-electron chi connectivity index (χ3n) is 6.85. The minimum atomic E-state index is -1.27. The topological polar surface area (TPSA) is 57.4 Å². The molecule has 2 aromatic rings. The second-order valence-electron chi connectivity index (χ2n) is 8.88. The molecule has 1 aromatic heterocycles. The molecule has 0 amide bonds.